The van der Waals surface area contributed by atoms with Crippen molar-refractivity contribution in [3.8, 4) is 28.5 Å². The molecule has 0 atom stereocenters. The molecule has 200 valence electrons. The van der Waals surface area contributed by atoms with E-state index in [4.69, 9.17) is 19.2 Å². The van der Waals surface area contributed by atoms with Crippen molar-refractivity contribution >= 4 is 17.4 Å². The van der Waals surface area contributed by atoms with E-state index >= 15 is 0 Å². The quantitative estimate of drug-likeness (QED) is 0.198. The number of imidazole rings is 1. The summed E-state index contributed by atoms with van der Waals surface area (Å²) in [5, 5.41) is 3.75. The first kappa shape index (κ1) is 27.0. The number of carbonyl (C=O) groups is 1. The Hall–Kier alpha value is -4.00. The molecule has 4 rings (SSSR count). The van der Waals surface area contributed by atoms with Crippen LogP contribution in [0.4, 0.5) is 5.82 Å². The summed E-state index contributed by atoms with van der Waals surface area (Å²) < 4.78 is 18.7. The Morgan fingerprint density at radius 1 is 0.947 bits per heavy atom. The molecule has 0 bridgehead atoms. The SMILES string of the molecule is COc1ccc(C(=O)Oc2ccccc2-c2nc3cc(C)ccn3c2NC(C)(C)CC(C)(C)C)c(OC)c1. The predicted octanol–water partition coefficient (Wildman–Crippen LogP) is 7.17. The Labute approximate surface area is 224 Å². The molecule has 0 unspecified atom stereocenters. The highest BCUT2D eigenvalue weighted by Crippen LogP contribution is 2.39. The molecule has 0 aliphatic rings. The van der Waals surface area contributed by atoms with Crippen LogP contribution in [-0.4, -0.2) is 35.1 Å². The van der Waals surface area contributed by atoms with Crippen molar-refractivity contribution in [2.24, 2.45) is 5.41 Å². The Morgan fingerprint density at radius 2 is 1.68 bits per heavy atom. The number of pyridine rings is 1. The monoisotopic (exact) mass is 515 g/mol. The van der Waals surface area contributed by atoms with Crippen LogP contribution in [0.15, 0.2) is 60.8 Å². The van der Waals surface area contributed by atoms with Crippen LogP contribution in [0.1, 0.15) is 57.0 Å². The number of hydrogen-bond acceptors (Lipinski definition) is 6. The Morgan fingerprint density at radius 3 is 2.37 bits per heavy atom. The highest BCUT2D eigenvalue weighted by atomic mass is 16.5. The molecule has 1 N–H and O–H groups in total. The second-order valence-electron chi connectivity index (χ2n) is 11.4. The van der Waals surface area contributed by atoms with Crippen LogP contribution >= 0.6 is 0 Å². The fourth-order valence-electron chi connectivity index (χ4n) is 5.02. The van der Waals surface area contributed by atoms with Gasteiger partial charge in [0.1, 0.15) is 40.0 Å². The topological polar surface area (TPSA) is 74.1 Å². The molecule has 0 aliphatic carbocycles. The van der Waals surface area contributed by atoms with Crippen LogP contribution in [0, 0.1) is 12.3 Å². The van der Waals surface area contributed by atoms with Crippen molar-refractivity contribution in [2.45, 2.75) is 53.5 Å². The largest absolute Gasteiger partial charge is 0.497 e. The van der Waals surface area contributed by atoms with E-state index in [0.29, 0.717) is 34.1 Å². The van der Waals surface area contributed by atoms with Gasteiger partial charge in [0.15, 0.2) is 0 Å². The summed E-state index contributed by atoms with van der Waals surface area (Å²) in [7, 11) is 3.07. The van der Waals surface area contributed by atoms with E-state index in [1.165, 1.54) is 7.11 Å². The van der Waals surface area contributed by atoms with Gasteiger partial charge in [0, 0.05) is 23.4 Å². The third-order valence-electron chi connectivity index (χ3n) is 6.18. The van der Waals surface area contributed by atoms with Crippen LogP contribution < -0.4 is 19.5 Å². The highest BCUT2D eigenvalue weighted by Gasteiger charge is 2.29. The zero-order valence-electron chi connectivity index (χ0n) is 23.5. The van der Waals surface area contributed by atoms with Crippen molar-refractivity contribution in [2.75, 3.05) is 19.5 Å². The number of aryl methyl sites for hydroxylation is 1. The lowest BCUT2D eigenvalue weighted by Crippen LogP contribution is -2.36. The van der Waals surface area contributed by atoms with Crippen molar-refractivity contribution in [3.05, 3.63) is 71.9 Å². The lowest BCUT2D eigenvalue weighted by atomic mass is 9.82. The normalized spacial score (nSPS) is 11.9. The zero-order valence-corrected chi connectivity index (χ0v) is 23.5. The van der Waals surface area contributed by atoms with Crippen molar-refractivity contribution in [3.63, 3.8) is 0 Å². The number of fused-ring (bicyclic) bond motifs is 1. The lowest BCUT2D eigenvalue weighted by molar-refractivity contribution is 0.0732. The smallest absolute Gasteiger partial charge is 0.347 e. The van der Waals surface area contributed by atoms with Gasteiger partial charge in [-0.25, -0.2) is 9.78 Å². The molecule has 0 spiro atoms. The molecule has 0 radical (unpaired) electrons. The van der Waals surface area contributed by atoms with Crippen molar-refractivity contribution in [1.82, 2.24) is 9.38 Å². The van der Waals surface area contributed by atoms with Gasteiger partial charge in [0.25, 0.3) is 0 Å². The molecule has 4 aromatic rings. The minimum absolute atomic E-state index is 0.124. The van der Waals surface area contributed by atoms with Gasteiger partial charge in [-0.2, -0.15) is 0 Å². The number of para-hydroxylation sites is 1. The van der Waals surface area contributed by atoms with Gasteiger partial charge in [-0.05, 0) is 74.6 Å². The summed E-state index contributed by atoms with van der Waals surface area (Å²) in [5.41, 5.74) is 3.55. The van der Waals surface area contributed by atoms with Gasteiger partial charge in [0.2, 0.25) is 0 Å². The van der Waals surface area contributed by atoms with E-state index in [0.717, 1.165) is 23.4 Å². The van der Waals surface area contributed by atoms with E-state index < -0.39 is 5.97 Å². The molecule has 7 heteroatoms. The number of rotatable bonds is 8. The zero-order chi connectivity index (χ0) is 27.7. The summed E-state index contributed by atoms with van der Waals surface area (Å²) in [5.74, 6) is 1.69. The Balaban J connectivity index is 1.79. The first-order valence-corrected chi connectivity index (χ1v) is 12.7. The van der Waals surface area contributed by atoms with Crippen LogP contribution in [0.5, 0.6) is 17.2 Å². The van der Waals surface area contributed by atoms with Gasteiger partial charge in [-0.1, -0.05) is 32.9 Å². The van der Waals surface area contributed by atoms with Crippen LogP contribution in [0.3, 0.4) is 0 Å². The number of nitrogens with zero attached hydrogens (tertiary/aromatic N) is 2. The van der Waals surface area contributed by atoms with E-state index in [2.05, 4.69) is 50.4 Å². The number of nitrogens with one attached hydrogen (secondary N) is 1. The van der Waals surface area contributed by atoms with Crippen LogP contribution in [0.2, 0.25) is 0 Å². The van der Waals surface area contributed by atoms with Gasteiger partial charge < -0.3 is 19.5 Å². The molecular formula is C31H37N3O4. The molecule has 0 aliphatic heterocycles. The summed E-state index contributed by atoms with van der Waals surface area (Å²) in [6, 6.07) is 16.6. The Kier molecular flexibility index (Phi) is 7.40. The summed E-state index contributed by atoms with van der Waals surface area (Å²) in [6.45, 7) is 13.1. The second kappa shape index (κ2) is 10.4. The fourth-order valence-corrected chi connectivity index (χ4v) is 5.02. The number of benzene rings is 2. The summed E-state index contributed by atoms with van der Waals surface area (Å²) >= 11 is 0. The number of ether oxygens (including phenoxy) is 3. The highest BCUT2D eigenvalue weighted by molar-refractivity contribution is 5.95. The Bertz CT molecular complexity index is 1460. The van der Waals surface area contributed by atoms with Crippen molar-refractivity contribution in [1.29, 1.82) is 0 Å². The maximum absolute atomic E-state index is 13.3. The standard InChI is InChI=1S/C31H37N3O4/c1-20-15-16-34-26(17-20)32-27(28(34)33-31(5,6)19-30(2,3)4)22-11-9-10-12-24(22)38-29(35)23-14-13-21(36-7)18-25(23)37-8/h9-18,33H,19H2,1-8H3. The molecule has 0 fully saturated rings. The second-order valence-corrected chi connectivity index (χ2v) is 11.4. The minimum atomic E-state index is -0.529. The summed E-state index contributed by atoms with van der Waals surface area (Å²) in [4.78, 5) is 18.3. The fraction of sp³-hybridized carbons (Fsp3) is 0.355. The molecule has 2 heterocycles. The van der Waals surface area contributed by atoms with E-state index in [1.54, 1.807) is 31.4 Å². The average Bonchev–Trinajstić information content (AvgIpc) is 3.18. The maximum atomic E-state index is 13.3. The number of esters is 1. The third kappa shape index (κ3) is 5.93. The minimum Gasteiger partial charge on any atom is -0.497 e. The van der Waals surface area contributed by atoms with E-state index in [9.17, 15) is 4.79 Å². The molecule has 2 aromatic heterocycles. The molecule has 38 heavy (non-hydrogen) atoms. The number of carbonyl (C=O) groups excluding carboxylic acids is 1. The molecular weight excluding hydrogens is 478 g/mol. The lowest BCUT2D eigenvalue weighted by Gasteiger charge is -2.34. The van der Waals surface area contributed by atoms with Crippen molar-refractivity contribution < 1.29 is 19.0 Å². The first-order valence-electron chi connectivity index (χ1n) is 12.7. The van der Waals surface area contributed by atoms with Crippen LogP contribution in [0.25, 0.3) is 16.9 Å². The molecule has 0 amide bonds. The third-order valence-corrected chi connectivity index (χ3v) is 6.18. The summed E-state index contributed by atoms with van der Waals surface area (Å²) in [6.07, 6.45) is 2.96. The number of aromatic nitrogens is 2. The molecule has 7 nitrogen and oxygen atoms in total. The number of methoxy groups -OCH3 is 2. The van der Waals surface area contributed by atoms with Gasteiger partial charge in [0.05, 0.1) is 14.2 Å². The molecule has 0 saturated carbocycles. The molecule has 0 saturated heterocycles. The number of anilines is 1. The molecule has 2 aromatic carbocycles. The van der Waals surface area contributed by atoms with Gasteiger partial charge in [-0.15, -0.1) is 0 Å². The number of hydrogen-bond donors (Lipinski definition) is 1. The van der Waals surface area contributed by atoms with Gasteiger partial charge in [-0.3, -0.25) is 4.40 Å². The predicted molar refractivity (Wildman–Crippen MR) is 152 cm³/mol. The van der Waals surface area contributed by atoms with Crippen LogP contribution in [-0.2, 0) is 0 Å². The van der Waals surface area contributed by atoms with E-state index in [-0.39, 0.29) is 11.0 Å². The maximum Gasteiger partial charge on any atom is 0.347 e. The average molecular weight is 516 g/mol. The van der Waals surface area contributed by atoms with E-state index in [1.807, 2.05) is 37.4 Å². The first-order chi connectivity index (χ1) is 17.9. The van der Waals surface area contributed by atoms with Gasteiger partial charge >= 0.3 is 5.97 Å².